The normalized spacial score (nSPS) is 22.1. The van der Waals surface area contributed by atoms with Gasteiger partial charge < -0.3 is 9.84 Å². The van der Waals surface area contributed by atoms with Gasteiger partial charge in [0.1, 0.15) is 4.21 Å². The molecule has 1 aliphatic rings. The molecule has 8 heteroatoms. The SMILES string of the molecule is CC1CN(S(=O)(=O)c2cc(C(=O)O)cs2)CCCO1. The van der Waals surface area contributed by atoms with Gasteiger partial charge in [0.15, 0.2) is 0 Å². The van der Waals surface area contributed by atoms with Gasteiger partial charge in [0.2, 0.25) is 0 Å². The van der Waals surface area contributed by atoms with Crippen LogP contribution in [0.1, 0.15) is 23.7 Å². The van der Waals surface area contributed by atoms with Crippen LogP contribution >= 0.6 is 11.3 Å². The molecule has 1 fully saturated rings. The molecule has 19 heavy (non-hydrogen) atoms. The lowest BCUT2D eigenvalue weighted by molar-refractivity contribution is 0.0697. The lowest BCUT2D eigenvalue weighted by Gasteiger charge is -2.20. The average molecular weight is 305 g/mol. The highest BCUT2D eigenvalue weighted by atomic mass is 32.2. The average Bonchev–Trinajstić information content (AvgIpc) is 2.74. The van der Waals surface area contributed by atoms with Crippen molar-refractivity contribution < 1.29 is 23.1 Å². The van der Waals surface area contributed by atoms with Crippen LogP contribution in [-0.4, -0.2) is 49.6 Å². The highest BCUT2D eigenvalue weighted by molar-refractivity contribution is 7.91. The highest BCUT2D eigenvalue weighted by Crippen LogP contribution is 2.25. The first-order valence-corrected chi connectivity index (χ1v) is 8.17. The third-order valence-corrected chi connectivity index (χ3v) is 6.11. The van der Waals surface area contributed by atoms with E-state index in [0.717, 1.165) is 11.3 Å². The Hall–Kier alpha value is -0.960. The summed E-state index contributed by atoms with van der Waals surface area (Å²) in [6.07, 6.45) is 0.483. The van der Waals surface area contributed by atoms with Crippen LogP contribution in [0.5, 0.6) is 0 Å². The van der Waals surface area contributed by atoms with Crippen LogP contribution in [0, 0.1) is 0 Å². The molecule has 2 heterocycles. The summed E-state index contributed by atoms with van der Waals surface area (Å²) >= 11 is 0.935. The van der Waals surface area contributed by atoms with Crippen LogP contribution in [0.3, 0.4) is 0 Å². The fraction of sp³-hybridized carbons (Fsp3) is 0.545. The molecule has 1 atom stereocenters. The molecule has 6 nitrogen and oxygen atoms in total. The number of carboxylic acids is 1. The van der Waals surface area contributed by atoms with Crippen molar-refractivity contribution in [1.29, 1.82) is 0 Å². The van der Waals surface area contributed by atoms with Crippen molar-refractivity contribution in [2.45, 2.75) is 23.7 Å². The smallest absolute Gasteiger partial charge is 0.336 e. The fourth-order valence-corrected chi connectivity index (χ4v) is 4.73. The van der Waals surface area contributed by atoms with E-state index in [0.29, 0.717) is 26.1 Å². The first-order chi connectivity index (χ1) is 8.91. The van der Waals surface area contributed by atoms with Crippen LogP contribution in [0.4, 0.5) is 0 Å². The number of carbonyl (C=O) groups is 1. The number of hydrogen-bond donors (Lipinski definition) is 1. The van der Waals surface area contributed by atoms with E-state index in [1.165, 1.54) is 15.8 Å². The molecule has 106 valence electrons. The summed E-state index contributed by atoms with van der Waals surface area (Å²) in [6, 6.07) is 1.21. The molecular weight excluding hydrogens is 290 g/mol. The molecule has 1 aromatic heterocycles. The molecule has 1 unspecified atom stereocenters. The molecule has 0 radical (unpaired) electrons. The van der Waals surface area contributed by atoms with E-state index in [1.54, 1.807) is 0 Å². The molecule has 1 saturated heterocycles. The molecule has 0 bridgehead atoms. The van der Waals surface area contributed by atoms with Gasteiger partial charge in [-0.15, -0.1) is 11.3 Å². The predicted octanol–water partition coefficient (Wildman–Crippen LogP) is 1.25. The van der Waals surface area contributed by atoms with Gasteiger partial charge in [-0.3, -0.25) is 0 Å². The maximum Gasteiger partial charge on any atom is 0.336 e. The molecule has 2 rings (SSSR count). The summed E-state index contributed by atoms with van der Waals surface area (Å²) in [7, 11) is -3.62. The summed E-state index contributed by atoms with van der Waals surface area (Å²) < 4.78 is 31.7. The number of rotatable bonds is 3. The number of thiophene rings is 1. The molecule has 0 aromatic carbocycles. The Bertz CT molecular complexity index is 565. The van der Waals surface area contributed by atoms with Crippen LogP contribution in [0.15, 0.2) is 15.7 Å². The molecule has 0 aliphatic carbocycles. The Kier molecular flexibility index (Phi) is 4.24. The summed E-state index contributed by atoms with van der Waals surface area (Å²) in [5, 5.41) is 10.2. The van der Waals surface area contributed by atoms with Gasteiger partial charge in [-0.2, -0.15) is 4.31 Å². The van der Waals surface area contributed by atoms with E-state index in [9.17, 15) is 13.2 Å². The zero-order valence-electron chi connectivity index (χ0n) is 10.4. The minimum Gasteiger partial charge on any atom is -0.478 e. The maximum absolute atomic E-state index is 12.4. The minimum atomic E-state index is -3.62. The fourth-order valence-electron chi connectivity index (χ4n) is 1.87. The first kappa shape index (κ1) is 14.4. The van der Waals surface area contributed by atoms with Crippen LogP contribution in [0.25, 0.3) is 0 Å². The number of nitrogens with zero attached hydrogens (tertiary/aromatic N) is 1. The van der Waals surface area contributed by atoms with Gasteiger partial charge in [0, 0.05) is 25.1 Å². The summed E-state index contributed by atoms with van der Waals surface area (Å²) in [5.74, 6) is -1.12. The van der Waals surface area contributed by atoms with Gasteiger partial charge in [-0.25, -0.2) is 13.2 Å². The monoisotopic (exact) mass is 305 g/mol. The highest BCUT2D eigenvalue weighted by Gasteiger charge is 2.29. The van der Waals surface area contributed by atoms with E-state index in [-0.39, 0.29) is 15.9 Å². The quantitative estimate of drug-likeness (QED) is 0.908. The second-order valence-electron chi connectivity index (χ2n) is 4.36. The van der Waals surface area contributed by atoms with Crippen LogP contribution < -0.4 is 0 Å². The van der Waals surface area contributed by atoms with Crippen LogP contribution in [0.2, 0.25) is 0 Å². The third-order valence-electron chi connectivity index (χ3n) is 2.83. The summed E-state index contributed by atoms with van der Waals surface area (Å²) in [6.45, 7) is 3.05. The zero-order chi connectivity index (χ0) is 14.0. The Balaban J connectivity index is 2.27. The number of sulfonamides is 1. The lowest BCUT2D eigenvalue weighted by Crippen LogP contribution is -2.35. The number of aromatic carboxylic acids is 1. The van der Waals surface area contributed by atoms with Gasteiger partial charge in [0.25, 0.3) is 10.0 Å². The second kappa shape index (κ2) is 5.58. The standard InChI is InChI=1S/C11H15NO5S2/c1-8-6-12(3-2-4-17-8)19(15,16)10-5-9(7-18-10)11(13)14/h5,7-8H,2-4,6H2,1H3,(H,13,14). The van der Waals surface area contributed by atoms with Gasteiger partial charge in [-0.05, 0) is 19.4 Å². The molecule has 1 aromatic rings. The number of carboxylic acid groups (broad SMARTS) is 1. The Morgan fingerprint density at radius 2 is 2.32 bits per heavy atom. The molecule has 1 N–H and O–H groups in total. The van der Waals surface area contributed by atoms with Crippen molar-refractivity contribution in [2.24, 2.45) is 0 Å². The van der Waals surface area contributed by atoms with Crippen molar-refractivity contribution in [3.63, 3.8) is 0 Å². The Morgan fingerprint density at radius 1 is 1.58 bits per heavy atom. The first-order valence-electron chi connectivity index (χ1n) is 5.85. The van der Waals surface area contributed by atoms with E-state index >= 15 is 0 Å². The topological polar surface area (TPSA) is 83.9 Å². The van der Waals surface area contributed by atoms with Gasteiger partial charge in [-0.1, -0.05) is 0 Å². The molecule has 0 amide bonds. The van der Waals surface area contributed by atoms with Crippen molar-refractivity contribution in [2.75, 3.05) is 19.7 Å². The Labute approximate surface area is 115 Å². The van der Waals surface area contributed by atoms with Crippen molar-refractivity contribution in [3.8, 4) is 0 Å². The summed E-state index contributed by atoms with van der Waals surface area (Å²) in [5.41, 5.74) is 0.00250. The second-order valence-corrected chi connectivity index (χ2v) is 7.43. The van der Waals surface area contributed by atoms with Gasteiger partial charge >= 0.3 is 5.97 Å². The number of hydrogen-bond acceptors (Lipinski definition) is 5. The molecular formula is C11H15NO5S2. The van der Waals surface area contributed by atoms with Crippen molar-refractivity contribution in [3.05, 3.63) is 17.0 Å². The minimum absolute atomic E-state index is 0.00250. The molecule has 1 aliphatic heterocycles. The molecule has 0 spiro atoms. The third kappa shape index (κ3) is 3.14. The van der Waals surface area contributed by atoms with Crippen LogP contribution in [-0.2, 0) is 14.8 Å². The van der Waals surface area contributed by atoms with Gasteiger partial charge in [0.05, 0.1) is 11.7 Å². The summed E-state index contributed by atoms with van der Waals surface area (Å²) in [4.78, 5) is 10.8. The van der Waals surface area contributed by atoms with E-state index in [2.05, 4.69) is 0 Å². The maximum atomic E-state index is 12.4. The lowest BCUT2D eigenvalue weighted by atomic mass is 10.4. The van der Waals surface area contributed by atoms with E-state index < -0.39 is 16.0 Å². The van der Waals surface area contributed by atoms with E-state index in [4.69, 9.17) is 9.84 Å². The Morgan fingerprint density at radius 3 is 2.95 bits per heavy atom. The number of ether oxygens (including phenoxy) is 1. The van der Waals surface area contributed by atoms with Crippen molar-refractivity contribution in [1.82, 2.24) is 4.31 Å². The largest absolute Gasteiger partial charge is 0.478 e. The zero-order valence-corrected chi connectivity index (χ0v) is 12.0. The molecule has 0 saturated carbocycles. The van der Waals surface area contributed by atoms with Crippen molar-refractivity contribution >= 4 is 27.3 Å². The van der Waals surface area contributed by atoms with E-state index in [1.807, 2.05) is 6.92 Å². The predicted molar refractivity (Wildman–Crippen MR) is 70.1 cm³/mol.